The first-order chi connectivity index (χ1) is 10.3. The van der Waals surface area contributed by atoms with Gasteiger partial charge in [-0.25, -0.2) is 4.98 Å². The van der Waals surface area contributed by atoms with Crippen molar-refractivity contribution in [3.8, 4) is 28.3 Å². The van der Waals surface area contributed by atoms with Gasteiger partial charge in [-0.15, -0.1) is 10.2 Å². The lowest BCUT2D eigenvalue weighted by Gasteiger charge is -2.08. The molecule has 0 radical (unpaired) electrons. The van der Waals surface area contributed by atoms with Gasteiger partial charge in [-0.2, -0.15) is 0 Å². The zero-order chi connectivity index (χ0) is 14.7. The van der Waals surface area contributed by atoms with Crippen molar-refractivity contribution in [3.63, 3.8) is 0 Å². The van der Waals surface area contributed by atoms with Gasteiger partial charge in [-0.05, 0) is 24.3 Å². The van der Waals surface area contributed by atoms with Gasteiger partial charge in [0.05, 0.1) is 7.11 Å². The normalized spacial score (nSPS) is 10.4. The van der Waals surface area contributed by atoms with Crippen LogP contribution in [0.1, 0.15) is 0 Å². The van der Waals surface area contributed by atoms with E-state index in [1.807, 2.05) is 48.5 Å². The van der Waals surface area contributed by atoms with Crippen molar-refractivity contribution in [2.45, 2.75) is 0 Å². The molecule has 0 bridgehead atoms. The highest BCUT2D eigenvalue weighted by Crippen LogP contribution is 2.30. The van der Waals surface area contributed by atoms with E-state index in [1.54, 1.807) is 7.11 Å². The molecule has 0 aliphatic heterocycles. The third-order valence-electron chi connectivity index (χ3n) is 3.06. The molecule has 0 aliphatic rings. The molecule has 2 aromatic carbocycles. The van der Waals surface area contributed by atoms with E-state index in [-0.39, 0.29) is 0 Å². The van der Waals surface area contributed by atoms with Crippen LogP contribution in [0.3, 0.4) is 0 Å². The number of nitrogens with zero attached hydrogens (tertiary/aromatic N) is 3. The fourth-order valence-electron chi connectivity index (χ4n) is 2.09. The molecule has 3 rings (SSSR count). The molecule has 0 spiro atoms. The molecule has 0 saturated carbocycles. The summed E-state index contributed by atoms with van der Waals surface area (Å²) in [5, 5.41) is 8.74. The van der Waals surface area contributed by atoms with Crippen molar-refractivity contribution < 1.29 is 4.74 Å². The lowest BCUT2D eigenvalue weighted by molar-refractivity contribution is 0.415. The minimum absolute atomic E-state index is 0.648. The largest absolute Gasteiger partial charge is 0.497 e. The first kappa shape index (κ1) is 13.5. The summed E-state index contributed by atoms with van der Waals surface area (Å²) in [6.07, 6.45) is 1.43. The molecule has 21 heavy (non-hydrogen) atoms. The Kier molecular flexibility index (Phi) is 3.79. The van der Waals surface area contributed by atoms with E-state index in [1.165, 1.54) is 6.33 Å². The molecule has 0 N–H and O–H groups in total. The number of hydrogen-bond donors (Lipinski definition) is 0. The SMILES string of the molecule is COc1cccc(-c2ncnnc2-c2cccc(Cl)c2)c1. The lowest BCUT2D eigenvalue weighted by atomic mass is 10.0. The molecular formula is C16H12ClN3O. The van der Waals surface area contributed by atoms with E-state index >= 15 is 0 Å². The highest BCUT2D eigenvalue weighted by molar-refractivity contribution is 6.30. The summed E-state index contributed by atoms with van der Waals surface area (Å²) in [5.41, 5.74) is 3.22. The van der Waals surface area contributed by atoms with Crippen molar-refractivity contribution in [1.29, 1.82) is 0 Å². The van der Waals surface area contributed by atoms with Crippen LogP contribution in [0.5, 0.6) is 5.75 Å². The number of methoxy groups -OCH3 is 1. The standard InChI is InChI=1S/C16H12ClN3O/c1-21-14-7-3-5-12(9-14)15-16(20-19-10-18-15)11-4-2-6-13(17)8-11/h2-10H,1H3. The maximum atomic E-state index is 6.05. The number of rotatable bonds is 3. The Morgan fingerprint density at radius 1 is 0.952 bits per heavy atom. The van der Waals surface area contributed by atoms with E-state index in [4.69, 9.17) is 16.3 Å². The van der Waals surface area contributed by atoms with Crippen LogP contribution in [0.2, 0.25) is 5.02 Å². The van der Waals surface area contributed by atoms with Gasteiger partial charge in [-0.1, -0.05) is 35.9 Å². The molecule has 0 fully saturated rings. The van der Waals surface area contributed by atoms with Crippen LogP contribution in [-0.2, 0) is 0 Å². The lowest BCUT2D eigenvalue weighted by Crippen LogP contribution is -1.95. The van der Waals surface area contributed by atoms with Gasteiger partial charge < -0.3 is 4.74 Å². The van der Waals surface area contributed by atoms with Crippen LogP contribution < -0.4 is 4.74 Å². The molecule has 1 heterocycles. The highest BCUT2D eigenvalue weighted by Gasteiger charge is 2.12. The number of halogens is 1. The van der Waals surface area contributed by atoms with Gasteiger partial charge in [0.25, 0.3) is 0 Å². The molecule has 0 saturated heterocycles. The molecule has 104 valence electrons. The van der Waals surface area contributed by atoms with Crippen LogP contribution in [0, 0.1) is 0 Å². The third-order valence-corrected chi connectivity index (χ3v) is 3.30. The predicted octanol–water partition coefficient (Wildman–Crippen LogP) is 3.87. The van der Waals surface area contributed by atoms with Gasteiger partial charge in [0.1, 0.15) is 23.5 Å². The summed E-state index contributed by atoms with van der Waals surface area (Å²) in [6, 6.07) is 15.1. The zero-order valence-corrected chi connectivity index (χ0v) is 12.1. The second-order valence-corrected chi connectivity index (χ2v) is 4.84. The third kappa shape index (κ3) is 2.85. The summed E-state index contributed by atoms with van der Waals surface area (Å²) < 4.78 is 5.26. The second-order valence-electron chi connectivity index (χ2n) is 4.40. The average molecular weight is 298 g/mol. The van der Waals surface area contributed by atoms with E-state index in [0.717, 1.165) is 22.6 Å². The van der Waals surface area contributed by atoms with Crippen LogP contribution in [0.15, 0.2) is 54.9 Å². The average Bonchev–Trinajstić information content (AvgIpc) is 2.55. The Bertz CT molecular complexity index is 777. The Morgan fingerprint density at radius 3 is 2.48 bits per heavy atom. The van der Waals surface area contributed by atoms with E-state index < -0.39 is 0 Å². The van der Waals surface area contributed by atoms with Crippen molar-refractivity contribution in [3.05, 3.63) is 59.9 Å². The minimum atomic E-state index is 0.648. The topological polar surface area (TPSA) is 47.9 Å². The zero-order valence-electron chi connectivity index (χ0n) is 11.3. The van der Waals surface area contributed by atoms with Crippen LogP contribution in [0.25, 0.3) is 22.5 Å². The molecule has 5 heteroatoms. The fourth-order valence-corrected chi connectivity index (χ4v) is 2.28. The molecule has 4 nitrogen and oxygen atoms in total. The van der Waals surface area contributed by atoms with Crippen LogP contribution in [-0.4, -0.2) is 22.3 Å². The number of hydrogen-bond acceptors (Lipinski definition) is 4. The summed E-state index contributed by atoms with van der Waals surface area (Å²) in [4.78, 5) is 4.36. The van der Waals surface area contributed by atoms with Gasteiger partial charge in [0, 0.05) is 16.1 Å². The maximum Gasteiger partial charge on any atom is 0.138 e. The monoisotopic (exact) mass is 297 g/mol. The minimum Gasteiger partial charge on any atom is -0.497 e. The Balaban J connectivity index is 2.15. The van der Waals surface area contributed by atoms with Crippen molar-refractivity contribution in [2.24, 2.45) is 0 Å². The van der Waals surface area contributed by atoms with Crippen molar-refractivity contribution in [1.82, 2.24) is 15.2 Å². The Hall–Kier alpha value is -2.46. The second kappa shape index (κ2) is 5.89. The molecule has 0 unspecified atom stereocenters. The van der Waals surface area contributed by atoms with E-state index in [9.17, 15) is 0 Å². The first-order valence-electron chi connectivity index (χ1n) is 6.36. The summed E-state index contributed by atoms with van der Waals surface area (Å²) in [6.45, 7) is 0. The molecule has 1 aromatic heterocycles. The fraction of sp³-hybridized carbons (Fsp3) is 0.0625. The molecule has 0 atom stereocenters. The summed E-state index contributed by atoms with van der Waals surface area (Å²) in [5.74, 6) is 0.767. The summed E-state index contributed by atoms with van der Waals surface area (Å²) >= 11 is 6.05. The quantitative estimate of drug-likeness (QED) is 0.736. The van der Waals surface area contributed by atoms with Gasteiger partial charge in [0.2, 0.25) is 0 Å². The highest BCUT2D eigenvalue weighted by atomic mass is 35.5. The molecule has 0 amide bonds. The van der Waals surface area contributed by atoms with Gasteiger partial charge in [-0.3, -0.25) is 0 Å². The molecular weight excluding hydrogens is 286 g/mol. The number of benzene rings is 2. The molecule has 3 aromatic rings. The predicted molar refractivity (Wildman–Crippen MR) is 82.3 cm³/mol. The van der Waals surface area contributed by atoms with E-state index in [0.29, 0.717) is 10.7 Å². The smallest absolute Gasteiger partial charge is 0.138 e. The summed E-state index contributed by atoms with van der Waals surface area (Å²) in [7, 11) is 1.63. The number of ether oxygens (including phenoxy) is 1. The van der Waals surface area contributed by atoms with E-state index in [2.05, 4.69) is 15.2 Å². The maximum absolute atomic E-state index is 6.05. The Labute approximate surface area is 127 Å². The Morgan fingerprint density at radius 2 is 1.71 bits per heavy atom. The van der Waals surface area contributed by atoms with Gasteiger partial charge in [0.15, 0.2) is 0 Å². The number of aromatic nitrogens is 3. The van der Waals surface area contributed by atoms with Gasteiger partial charge >= 0.3 is 0 Å². The molecule has 0 aliphatic carbocycles. The van der Waals surface area contributed by atoms with Crippen LogP contribution in [0.4, 0.5) is 0 Å². The first-order valence-corrected chi connectivity index (χ1v) is 6.74. The van der Waals surface area contributed by atoms with Crippen LogP contribution >= 0.6 is 11.6 Å². The van der Waals surface area contributed by atoms with Crippen molar-refractivity contribution >= 4 is 11.6 Å². The van der Waals surface area contributed by atoms with Crippen molar-refractivity contribution in [2.75, 3.05) is 7.11 Å².